The number of allylic oxidation sites excluding steroid dienone is 1. The van der Waals surface area contributed by atoms with Crippen molar-refractivity contribution in [1.82, 2.24) is 14.9 Å². The smallest absolute Gasteiger partial charge is 0.161 e. The molecule has 4 aromatic rings. The molecule has 0 N–H and O–H groups in total. The highest BCUT2D eigenvalue weighted by molar-refractivity contribution is 5.97. The maximum Gasteiger partial charge on any atom is 0.161 e. The Morgan fingerprint density at radius 1 is 0.762 bits per heavy atom. The van der Waals surface area contributed by atoms with Gasteiger partial charge in [-0.2, -0.15) is 0 Å². The van der Waals surface area contributed by atoms with Crippen molar-refractivity contribution in [3.05, 3.63) is 114 Å². The summed E-state index contributed by atoms with van der Waals surface area (Å²) in [5, 5.41) is 0. The van der Waals surface area contributed by atoms with Gasteiger partial charge in [0.05, 0.1) is 11.9 Å². The second-order valence-electron chi connectivity index (χ2n) is 12.0. The highest BCUT2D eigenvalue weighted by Crippen LogP contribution is 2.60. The van der Waals surface area contributed by atoms with E-state index in [1.54, 1.807) is 0 Å². The van der Waals surface area contributed by atoms with Crippen molar-refractivity contribution in [2.24, 2.45) is 0 Å². The first-order valence-electron chi connectivity index (χ1n) is 15.1. The monoisotopic (exact) mass is 552 g/mol. The fraction of sp³-hybridized carbons (Fsp3) is 0.278. The molecule has 0 spiro atoms. The molecule has 4 aliphatic rings. The van der Waals surface area contributed by atoms with Gasteiger partial charge in [0.2, 0.25) is 0 Å². The number of benzene rings is 3. The van der Waals surface area contributed by atoms with Gasteiger partial charge in [-0.25, -0.2) is 9.97 Å². The molecule has 3 aromatic carbocycles. The number of anilines is 4. The minimum atomic E-state index is -0.148. The molecule has 0 saturated carbocycles. The number of aromatic nitrogens is 2. The summed E-state index contributed by atoms with van der Waals surface area (Å²) in [7, 11) is 4.42. The first-order chi connectivity index (χ1) is 20.5. The molecule has 0 radical (unpaired) electrons. The Labute approximate surface area is 248 Å². The van der Waals surface area contributed by atoms with E-state index >= 15 is 0 Å². The van der Waals surface area contributed by atoms with Gasteiger partial charge in [-0.15, -0.1) is 0 Å². The average Bonchev–Trinajstić information content (AvgIpc) is 3.52. The van der Waals surface area contributed by atoms with Crippen LogP contribution in [0.3, 0.4) is 0 Å². The van der Waals surface area contributed by atoms with E-state index in [1.807, 2.05) is 6.20 Å². The molecule has 1 aromatic heterocycles. The zero-order valence-corrected chi connectivity index (χ0v) is 24.9. The molecule has 8 rings (SSSR count). The Morgan fingerprint density at radius 3 is 2.21 bits per heavy atom. The molecule has 4 aliphatic heterocycles. The number of para-hydroxylation sites is 2. The van der Waals surface area contributed by atoms with E-state index < -0.39 is 0 Å². The van der Waals surface area contributed by atoms with Gasteiger partial charge >= 0.3 is 0 Å². The Balaban J connectivity index is 1.46. The van der Waals surface area contributed by atoms with Gasteiger partial charge in [0.1, 0.15) is 18.0 Å². The molecular weight excluding hydrogens is 516 g/mol. The van der Waals surface area contributed by atoms with E-state index in [9.17, 15) is 0 Å². The first kappa shape index (κ1) is 25.2. The maximum absolute atomic E-state index is 5.26. The largest absolute Gasteiger partial charge is 0.355 e. The minimum Gasteiger partial charge on any atom is -0.355 e. The lowest BCUT2D eigenvalue weighted by Crippen LogP contribution is -2.52. The molecule has 0 bridgehead atoms. The summed E-state index contributed by atoms with van der Waals surface area (Å²) in [6, 6.07) is 26.4. The number of hydrogen-bond donors (Lipinski definition) is 0. The van der Waals surface area contributed by atoms with E-state index in [0.29, 0.717) is 0 Å². The van der Waals surface area contributed by atoms with Crippen LogP contribution in [0.1, 0.15) is 43.4 Å². The Bertz CT molecular complexity index is 1800. The molecule has 0 fully saturated rings. The summed E-state index contributed by atoms with van der Waals surface area (Å²) in [4.78, 5) is 20.0. The fourth-order valence-corrected chi connectivity index (χ4v) is 8.10. The summed E-state index contributed by atoms with van der Waals surface area (Å²) in [5.74, 6) is 1.74. The van der Waals surface area contributed by atoms with Gasteiger partial charge in [0.25, 0.3) is 0 Å². The molecular formula is C36H36N6. The number of fused-ring (bicyclic) bond motifs is 11. The summed E-state index contributed by atoms with van der Waals surface area (Å²) in [6.45, 7) is 6.85. The molecule has 5 heterocycles. The van der Waals surface area contributed by atoms with Crippen LogP contribution in [-0.2, 0) is 5.41 Å². The first-order valence-corrected chi connectivity index (χ1v) is 15.1. The Kier molecular flexibility index (Phi) is 5.37. The molecule has 0 amide bonds. The van der Waals surface area contributed by atoms with Crippen molar-refractivity contribution in [3.8, 4) is 11.4 Å². The topological polar surface area (TPSA) is 38.7 Å². The van der Waals surface area contributed by atoms with E-state index in [-0.39, 0.29) is 17.7 Å². The summed E-state index contributed by atoms with van der Waals surface area (Å²) < 4.78 is 0. The van der Waals surface area contributed by atoms with E-state index in [4.69, 9.17) is 9.97 Å². The predicted octanol–water partition coefficient (Wildman–Crippen LogP) is 7.45. The average molecular weight is 553 g/mol. The molecule has 210 valence electrons. The van der Waals surface area contributed by atoms with Crippen LogP contribution in [0.25, 0.3) is 17.0 Å². The van der Waals surface area contributed by atoms with Gasteiger partial charge < -0.3 is 19.6 Å². The fourth-order valence-electron chi connectivity index (χ4n) is 8.10. The second kappa shape index (κ2) is 8.96. The number of likely N-dealkylation sites (N-methyl/N-ethyl adjacent to an activating group) is 2. The third kappa shape index (κ3) is 3.10. The van der Waals surface area contributed by atoms with Gasteiger partial charge in [-0.3, -0.25) is 0 Å². The number of rotatable bonds is 3. The number of aryl methyl sites for hydroxylation is 1. The second-order valence-corrected chi connectivity index (χ2v) is 12.0. The molecule has 42 heavy (non-hydrogen) atoms. The third-order valence-electron chi connectivity index (χ3n) is 10.1. The number of hydrogen-bond acceptors (Lipinski definition) is 6. The highest BCUT2D eigenvalue weighted by atomic mass is 15.5. The van der Waals surface area contributed by atoms with Crippen molar-refractivity contribution in [3.63, 3.8) is 0 Å². The van der Waals surface area contributed by atoms with E-state index in [0.717, 1.165) is 35.7 Å². The molecule has 6 heteroatoms. The minimum absolute atomic E-state index is 0.0549. The van der Waals surface area contributed by atoms with Crippen molar-refractivity contribution in [2.45, 2.75) is 51.4 Å². The zero-order valence-electron chi connectivity index (χ0n) is 24.9. The van der Waals surface area contributed by atoms with Crippen LogP contribution in [-0.4, -0.2) is 41.3 Å². The standard InChI is InChI=1S/C36H36N6/c1-6-36(7-2)26-17-11-13-19-28(26)42-29-22-37-32(24-15-9-8-14-23(24)3)38-33(29)40(5)35(42)30-31(36)25-16-10-12-18-27(25)41-21-20-39(4)34(30)41/h8-22,34-35H,6-7H2,1-5H3. The molecule has 2 unspecified atom stereocenters. The third-order valence-corrected chi connectivity index (χ3v) is 10.1. The van der Waals surface area contributed by atoms with Crippen molar-refractivity contribution < 1.29 is 0 Å². The lowest BCUT2D eigenvalue weighted by molar-refractivity contribution is 0.379. The quantitative estimate of drug-likeness (QED) is 0.263. The van der Waals surface area contributed by atoms with Crippen LogP contribution in [0.5, 0.6) is 0 Å². The normalized spacial score (nSPS) is 21.0. The van der Waals surface area contributed by atoms with Crippen molar-refractivity contribution in [1.29, 1.82) is 0 Å². The molecule has 6 nitrogen and oxygen atoms in total. The van der Waals surface area contributed by atoms with E-state index in [2.05, 4.69) is 140 Å². The highest BCUT2D eigenvalue weighted by Gasteiger charge is 2.54. The lowest BCUT2D eigenvalue weighted by Gasteiger charge is -2.46. The Morgan fingerprint density at radius 2 is 1.45 bits per heavy atom. The van der Waals surface area contributed by atoms with Crippen molar-refractivity contribution >= 4 is 28.5 Å². The summed E-state index contributed by atoms with van der Waals surface area (Å²) >= 11 is 0. The van der Waals surface area contributed by atoms with Gasteiger partial charge in [0, 0.05) is 54.3 Å². The van der Waals surface area contributed by atoms with Crippen LogP contribution in [0.4, 0.5) is 22.9 Å². The molecule has 0 saturated heterocycles. The predicted molar refractivity (Wildman–Crippen MR) is 172 cm³/mol. The van der Waals surface area contributed by atoms with Crippen molar-refractivity contribution in [2.75, 3.05) is 28.8 Å². The molecule has 2 atom stereocenters. The van der Waals surface area contributed by atoms with Crippen LogP contribution in [0.2, 0.25) is 0 Å². The maximum atomic E-state index is 5.26. The van der Waals surface area contributed by atoms with Gasteiger partial charge in [0.15, 0.2) is 11.6 Å². The van der Waals surface area contributed by atoms with E-state index in [1.165, 1.54) is 39.2 Å². The SMILES string of the molecule is CCC1(CC)C2=C(C3N(C)C=CN3c3ccccc32)C2N(C)c3nc(-c4ccccc4C)ncc3N2c2ccccc21. The van der Waals surface area contributed by atoms with Crippen LogP contribution in [0.15, 0.2) is 97.0 Å². The number of nitrogens with zero attached hydrogens (tertiary/aromatic N) is 6. The lowest BCUT2D eigenvalue weighted by atomic mass is 9.65. The Hall–Kier alpha value is -4.58. The van der Waals surface area contributed by atoms with Gasteiger partial charge in [-0.1, -0.05) is 74.5 Å². The van der Waals surface area contributed by atoms with Crippen LogP contribution < -0.4 is 14.7 Å². The molecule has 0 aliphatic carbocycles. The summed E-state index contributed by atoms with van der Waals surface area (Å²) in [6.07, 6.45) is 8.54. The summed E-state index contributed by atoms with van der Waals surface area (Å²) in [5.41, 5.74) is 11.3. The van der Waals surface area contributed by atoms with Gasteiger partial charge in [-0.05, 0) is 48.6 Å². The van der Waals surface area contributed by atoms with Crippen LogP contribution >= 0.6 is 0 Å². The zero-order chi connectivity index (χ0) is 28.7. The van der Waals surface area contributed by atoms with Crippen LogP contribution in [0, 0.1) is 6.92 Å².